The van der Waals surface area contributed by atoms with Crippen LogP contribution in [0.3, 0.4) is 0 Å². The number of hydrogen-bond donors (Lipinski definition) is 1. The Kier molecular flexibility index (Phi) is 6.86. The molecular weight excluding hydrogens is 384 g/mol. The lowest BCUT2D eigenvalue weighted by Gasteiger charge is -2.38. The van der Waals surface area contributed by atoms with Gasteiger partial charge in [-0.2, -0.15) is 8.78 Å². The van der Waals surface area contributed by atoms with Gasteiger partial charge in [0.1, 0.15) is 11.5 Å². The second-order valence-corrected chi connectivity index (χ2v) is 6.59. The number of para-hydroxylation sites is 2. The molecule has 1 aliphatic rings. The van der Waals surface area contributed by atoms with Gasteiger partial charge in [-0.1, -0.05) is 12.1 Å². The van der Waals surface area contributed by atoms with E-state index >= 15 is 0 Å². The molecule has 0 spiro atoms. The molecule has 28 heavy (non-hydrogen) atoms. The van der Waals surface area contributed by atoms with E-state index in [0.29, 0.717) is 11.7 Å². The van der Waals surface area contributed by atoms with Gasteiger partial charge in [0.15, 0.2) is 5.11 Å². The Morgan fingerprint density at radius 3 is 2.39 bits per heavy atom. The normalized spacial score (nSPS) is 14.1. The van der Waals surface area contributed by atoms with Crippen LogP contribution in [0.2, 0.25) is 0 Å². The van der Waals surface area contributed by atoms with Crippen LogP contribution in [0.1, 0.15) is 6.92 Å². The fourth-order valence-corrected chi connectivity index (χ4v) is 3.37. The predicted molar refractivity (Wildman–Crippen MR) is 111 cm³/mol. The first-order chi connectivity index (χ1) is 13.6. The number of alkyl halides is 2. The number of nitrogens with one attached hydrogen (secondary N) is 1. The number of rotatable bonds is 6. The predicted octanol–water partition coefficient (Wildman–Crippen LogP) is 4.21. The van der Waals surface area contributed by atoms with Crippen LogP contribution < -0.4 is 19.7 Å². The molecule has 2 aromatic carbocycles. The molecule has 0 unspecified atom stereocenters. The molecule has 3 rings (SSSR count). The molecule has 0 aromatic heterocycles. The average molecular weight is 407 g/mol. The lowest BCUT2D eigenvalue weighted by molar-refractivity contribution is -0.0498. The van der Waals surface area contributed by atoms with E-state index in [2.05, 4.69) is 25.9 Å². The van der Waals surface area contributed by atoms with Crippen molar-refractivity contribution in [2.75, 3.05) is 43.0 Å². The van der Waals surface area contributed by atoms with Crippen LogP contribution in [0.15, 0.2) is 48.5 Å². The highest BCUT2D eigenvalue weighted by atomic mass is 32.1. The fourth-order valence-electron chi connectivity index (χ4n) is 3.07. The zero-order valence-corrected chi connectivity index (χ0v) is 16.4. The Hall–Kier alpha value is -2.61. The lowest BCUT2D eigenvalue weighted by Crippen LogP contribution is -2.50. The molecule has 1 aliphatic heterocycles. The standard InChI is InChI=1S/C20H23F2N3O2S/c1-2-26-18-6-4-3-5-17(18)24-11-13-25(14-12-24)20(28)23-15-7-9-16(10-8-15)27-19(21)22/h3-10,19H,2,11-14H2,1H3,(H,23,28). The van der Waals surface area contributed by atoms with Crippen LogP contribution in [0, 0.1) is 0 Å². The van der Waals surface area contributed by atoms with Crippen molar-refractivity contribution < 1.29 is 18.3 Å². The summed E-state index contributed by atoms with van der Waals surface area (Å²) in [5.41, 5.74) is 1.83. The first kappa shape index (κ1) is 20.1. The molecule has 8 heteroatoms. The van der Waals surface area contributed by atoms with Crippen LogP contribution >= 0.6 is 12.2 Å². The van der Waals surface area contributed by atoms with Crippen molar-refractivity contribution in [3.05, 3.63) is 48.5 Å². The van der Waals surface area contributed by atoms with Gasteiger partial charge < -0.3 is 24.6 Å². The van der Waals surface area contributed by atoms with Gasteiger partial charge >= 0.3 is 6.61 Å². The van der Waals surface area contributed by atoms with E-state index in [-0.39, 0.29) is 5.75 Å². The van der Waals surface area contributed by atoms with E-state index in [1.54, 1.807) is 12.1 Å². The van der Waals surface area contributed by atoms with Crippen molar-refractivity contribution in [2.24, 2.45) is 0 Å². The average Bonchev–Trinajstić information content (AvgIpc) is 2.70. The van der Waals surface area contributed by atoms with E-state index in [9.17, 15) is 8.78 Å². The Labute approximate surface area is 168 Å². The number of benzene rings is 2. The van der Waals surface area contributed by atoms with Gasteiger partial charge in [-0.25, -0.2) is 0 Å². The summed E-state index contributed by atoms with van der Waals surface area (Å²) in [7, 11) is 0. The molecule has 5 nitrogen and oxygen atoms in total. The molecule has 0 radical (unpaired) electrons. The largest absolute Gasteiger partial charge is 0.492 e. The molecule has 2 aromatic rings. The Morgan fingerprint density at radius 1 is 1.07 bits per heavy atom. The molecule has 1 saturated heterocycles. The van der Waals surface area contributed by atoms with Crippen molar-refractivity contribution in [1.82, 2.24) is 4.90 Å². The molecule has 150 valence electrons. The van der Waals surface area contributed by atoms with Crippen molar-refractivity contribution >= 4 is 28.7 Å². The molecule has 1 fully saturated rings. The zero-order chi connectivity index (χ0) is 19.9. The third-order valence-corrected chi connectivity index (χ3v) is 4.76. The molecule has 0 amide bonds. The second-order valence-electron chi connectivity index (χ2n) is 6.21. The van der Waals surface area contributed by atoms with Gasteiger partial charge in [0, 0.05) is 31.9 Å². The summed E-state index contributed by atoms with van der Waals surface area (Å²) >= 11 is 5.50. The Bertz CT molecular complexity index is 781. The quantitative estimate of drug-likeness (QED) is 0.724. The topological polar surface area (TPSA) is 37.0 Å². The van der Waals surface area contributed by atoms with Crippen LogP contribution in [0.5, 0.6) is 11.5 Å². The first-order valence-corrected chi connectivity index (χ1v) is 9.55. The highest BCUT2D eigenvalue weighted by molar-refractivity contribution is 7.80. The highest BCUT2D eigenvalue weighted by Gasteiger charge is 2.21. The summed E-state index contributed by atoms with van der Waals surface area (Å²) in [5, 5.41) is 3.76. The minimum Gasteiger partial charge on any atom is -0.492 e. The summed E-state index contributed by atoms with van der Waals surface area (Å²) in [6.07, 6.45) is 0. The smallest absolute Gasteiger partial charge is 0.387 e. The summed E-state index contributed by atoms with van der Waals surface area (Å²) in [4.78, 5) is 4.39. The zero-order valence-electron chi connectivity index (χ0n) is 15.6. The Balaban J connectivity index is 1.54. The third-order valence-electron chi connectivity index (χ3n) is 4.40. The highest BCUT2D eigenvalue weighted by Crippen LogP contribution is 2.29. The number of nitrogens with zero attached hydrogens (tertiary/aromatic N) is 2. The van der Waals surface area contributed by atoms with Crippen LogP contribution in [-0.2, 0) is 0 Å². The van der Waals surface area contributed by atoms with Crippen molar-refractivity contribution in [2.45, 2.75) is 13.5 Å². The number of piperazine rings is 1. The Morgan fingerprint density at radius 2 is 1.75 bits per heavy atom. The minimum atomic E-state index is -2.83. The van der Waals surface area contributed by atoms with Crippen molar-refractivity contribution in [3.8, 4) is 11.5 Å². The van der Waals surface area contributed by atoms with Crippen LogP contribution in [0.25, 0.3) is 0 Å². The molecule has 1 heterocycles. The number of ether oxygens (including phenoxy) is 2. The van der Waals surface area contributed by atoms with E-state index in [0.717, 1.165) is 43.3 Å². The maximum Gasteiger partial charge on any atom is 0.387 e. The lowest BCUT2D eigenvalue weighted by atomic mass is 10.2. The molecule has 0 bridgehead atoms. The third kappa shape index (κ3) is 5.22. The number of halogens is 2. The summed E-state index contributed by atoms with van der Waals surface area (Å²) in [5.74, 6) is 1.01. The van der Waals surface area contributed by atoms with Gasteiger partial charge in [-0.15, -0.1) is 0 Å². The number of anilines is 2. The maximum absolute atomic E-state index is 12.2. The number of hydrogen-bond acceptors (Lipinski definition) is 4. The van der Waals surface area contributed by atoms with E-state index in [1.165, 1.54) is 12.1 Å². The first-order valence-electron chi connectivity index (χ1n) is 9.14. The summed E-state index contributed by atoms with van der Waals surface area (Å²) < 4.78 is 34.5. The summed E-state index contributed by atoms with van der Waals surface area (Å²) in [6, 6.07) is 14.3. The molecule has 1 N–H and O–H groups in total. The van der Waals surface area contributed by atoms with E-state index < -0.39 is 6.61 Å². The van der Waals surface area contributed by atoms with Gasteiger partial charge in [0.25, 0.3) is 0 Å². The van der Waals surface area contributed by atoms with Gasteiger partial charge in [0.2, 0.25) is 0 Å². The molecule has 0 saturated carbocycles. The van der Waals surface area contributed by atoms with Gasteiger partial charge in [0.05, 0.1) is 12.3 Å². The van der Waals surface area contributed by atoms with Gasteiger partial charge in [-0.3, -0.25) is 0 Å². The molecule has 0 aliphatic carbocycles. The minimum absolute atomic E-state index is 0.119. The van der Waals surface area contributed by atoms with Crippen molar-refractivity contribution in [1.29, 1.82) is 0 Å². The molecule has 0 atom stereocenters. The fraction of sp³-hybridized carbons (Fsp3) is 0.350. The SMILES string of the molecule is CCOc1ccccc1N1CCN(C(=S)Nc2ccc(OC(F)F)cc2)CC1. The number of thiocarbonyl (C=S) groups is 1. The monoisotopic (exact) mass is 407 g/mol. The maximum atomic E-state index is 12.2. The van der Waals surface area contributed by atoms with E-state index in [1.807, 2.05) is 25.1 Å². The van der Waals surface area contributed by atoms with E-state index in [4.69, 9.17) is 17.0 Å². The van der Waals surface area contributed by atoms with Gasteiger partial charge in [-0.05, 0) is 55.5 Å². The van der Waals surface area contributed by atoms with Crippen molar-refractivity contribution in [3.63, 3.8) is 0 Å². The molecular formula is C20H23F2N3O2S. The van der Waals surface area contributed by atoms with Crippen LogP contribution in [-0.4, -0.2) is 49.4 Å². The summed E-state index contributed by atoms with van der Waals surface area (Å²) in [6.45, 7) is 2.98. The van der Waals surface area contributed by atoms with Crippen LogP contribution in [0.4, 0.5) is 20.2 Å². The second kappa shape index (κ2) is 9.54.